The van der Waals surface area contributed by atoms with Crippen molar-refractivity contribution in [3.8, 4) is 0 Å². The molecule has 1 aromatic carbocycles. The first-order chi connectivity index (χ1) is 10.4. The summed E-state index contributed by atoms with van der Waals surface area (Å²) in [5, 5.41) is 4.78. The highest BCUT2D eigenvalue weighted by Gasteiger charge is 2.14. The fourth-order valence-corrected chi connectivity index (χ4v) is 3.10. The van der Waals surface area contributed by atoms with Crippen LogP contribution in [0.15, 0.2) is 59.7 Å². The molecule has 0 unspecified atom stereocenters. The maximum absolute atomic E-state index is 4.78. The van der Waals surface area contributed by atoms with Gasteiger partial charge in [0, 0.05) is 18.4 Å². The molecule has 1 fully saturated rings. The van der Waals surface area contributed by atoms with Gasteiger partial charge in [-0.3, -0.25) is 0 Å². The predicted octanol–water partition coefficient (Wildman–Crippen LogP) is 4.45. The molecule has 0 aliphatic heterocycles. The molecule has 0 amide bonds. The van der Waals surface area contributed by atoms with E-state index in [1.165, 1.54) is 43.4 Å². The smallest absolute Gasteiger partial charge is 0.0684 e. The van der Waals surface area contributed by atoms with Crippen LogP contribution in [0.1, 0.15) is 44.1 Å². The van der Waals surface area contributed by atoms with Crippen LogP contribution in [0.5, 0.6) is 0 Å². The van der Waals surface area contributed by atoms with E-state index in [0.717, 1.165) is 6.42 Å². The van der Waals surface area contributed by atoms with E-state index in [9.17, 15) is 0 Å². The number of rotatable bonds is 5. The second kappa shape index (κ2) is 7.26. The van der Waals surface area contributed by atoms with Crippen molar-refractivity contribution < 1.29 is 0 Å². The summed E-state index contributed by atoms with van der Waals surface area (Å²) >= 11 is 0. The summed E-state index contributed by atoms with van der Waals surface area (Å²) in [4.78, 5) is 0. The molecule has 21 heavy (non-hydrogen) atoms. The minimum atomic E-state index is 0.483. The van der Waals surface area contributed by atoms with Crippen LogP contribution in [-0.4, -0.2) is 11.8 Å². The first-order valence-electron chi connectivity index (χ1n) is 8.14. The van der Waals surface area contributed by atoms with Crippen molar-refractivity contribution in [2.45, 2.75) is 44.6 Å². The largest absolute Gasteiger partial charge is 0.307 e. The molecule has 2 aliphatic carbocycles. The lowest BCUT2D eigenvalue weighted by Gasteiger charge is -2.22. The molecule has 1 aromatic rings. The Morgan fingerprint density at radius 3 is 2.43 bits per heavy atom. The molecule has 1 N–H and O–H groups in total. The van der Waals surface area contributed by atoms with Gasteiger partial charge < -0.3 is 5.43 Å². The molecule has 0 bridgehead atoms. The van der Waals surface area contributed by atoms with E-state index in [4.69, 9.17) is 5.10 Å². The maximum Gasteiger partial charge on any atom is 0.0684 e. The van der Waals surface area contributed by atoms with Crippen LogP contribution in [0.25, 0.3) is 0 Å². The van der Waals surface area contributed by atoms with Crippen LogP contribution in [-0.2, 0) is 0 Å². The summed E-state index contributed by atoms with van der Waals surface area (Å²) < 4.78 is 0. The Hall–Kier alpha value is -1.83. The minimum absolute atomic E-state index is 0.483. The third-order valence-corrected chi connectivity index (χ3v) is 4.35. The third kappa shape index (κ3) is 4.07. The molecule has 0 radical (unpaired) electrons. The lowest BCUT2D eigenvalue weighted by molar-refractivity contribution is 0.380. The topological polar surface area (TPSA) is 24.4 Å². The molecule has 2 aliphatic rings. The normalized spacial score (nSPS) is 20.1. The van der Waals surface area contributed by atoms with Gasteiger partial charge in [-0.05, 0) is 18.4 Å². The van der Waals surface area contributed by atoms with Crippen LogP contribution >= 0.6 is 0 Å². The van der Waals surface area contributed by atoms with Crippen molar-refractivity contribution in [1.82, 2.24) is 5.43 Å². The number of hydrazone groups is 1. The van der Waals surface area contributed by atoms with Gasteiger partial charge in [-0.2, -0.15) is 5.10 Å². The molecule has 0 heterocycles. The first-order valence-corrected chi connectivity index (χ1v) is 8.14. The van der Waals surface area contributed by atoms with Gasteiger partial charge in [-0.15, -0.1) is 0 Å². The molecule has 0 spiro atoms. The number of hydrogen-bond donors (Lipinski definition) is 1. The van der Waals surface area contributed by atoms with Gasteiger partial charge in [0.05, 0.1) is 5.71 Å². The summed E-state index contributed by atoms with van der Waals surface area (Å²) in [6.07, 6.45) is 16.3. The summed E-state index contributed by atoms with van der Waals surface area (Å²) in [6, 6.07) is 11.1. The van der Waals surface area contributed by atoms with Crippen LogP contribution in [0, 0.1) is 5.92 Å². The summed E-state index contributed by atoms with van der Waals surface area (Å²) in [7, 11) is 0. The van der Waals surface area contributed by atoms with Crippen molar-refractivity contribution in [3.63, 3.8) is 0 Å². The van der Waals surface area contributed by atoms with Crippen molar-refractivity contribution >= 4 is 5.71 Å². The fraction of sp³-hybridized carbons (Fsp3) is 0.421. The van der Waals surface area contributed by atoms with Gasteiger partial charge in [-0.1, -0.05) is 73.9 Å². The Balaban J connectivity index is 1.71. The third-order valence-electron chi connectivity index (χ3n) is 4.35. The average Bonchev–Trinajstić information content (AvgIpc) is 3.06. The maximum atomic E-state index is 4.78. The zero-order valence-corrected chi connectivity index (χ0v) is 12.5. The number of nitrogens with zero attached hydrogens (tertiary/aromatic N) is 1. The first kappa shape index (κ1) is 14.1. The number of allylic oxidation sites excluding steroid dienone is 4. The van der Waals surface area contributed by atoms with E-state index >= 15 is 0 Å². The average molecular weight is 280 g/mol. The molecule has 110 valence electrons. The quantitative estimate of drug-likeness (QED) is 0.625. The Labute approximate surface area is 127 Å². The lowest BCUT2D eigenvalue weighted by atomic mass is 9.96. The molecule has 0 saturated heterocycles. The van der Waals surface area contributed by atoms with Crippen molar-refractivity contribution in [1.29, 1.82) is 0 Å². The fourth-order valence-electron chi connectivity index (χ4n) is 3.10. The molecule has 0 atom stereocenters. The second-order valence-electron chi connectivity index (χ2n) is 6.03. The van der Waals surface area contributed by atoms with E-state index in [1.54, 1.807) is 0 Å². The van der Waals surface area contributed by atoms with Gasteiger partial charge in [0.1, 0.15) is 0 Å². The van der Waals surface area contributed by atoms with E-state index in [2.05, 4.69) is 60.1 Å². The summed E-state index contributed by atoms with van der Waals surface area (Å²) in [6.45, 7) is 0. The lowest BCUT2D eigenvalue weighted by Crippen LogP contribution is -2.28. The molecule has 0 aromatic heterocycles. The highest BCUT2D eigenvalue weighted by atomic mass is 15.3. The van der Waals surface area contributed by atoms with E-state index in [1.807, 2.05) is 0 Å². The van der Waals surface area contributed by atoms with E-state index < -0.39 is 0 Å². The molecule has 1 saturated carbocycles. The van der Waals surface area contributed by atoms with Gasteiger partial charge in [0.25, 0.3) is 0 Å². The van der Waals surface area contributed by atoms with Crippen molar-refractivity contribution in [2.75, 3.05) is 0 Å². The molecule has 2 nitrogen and oxygen atoms in total. The Morgan fingerprint density at radius 2 is 1.71 bits per heavy atom. The Bertz CT molecular complexity index is 510. The summed E-state index contributed by atoms with van der Waals surface area (Å²) in [5.41, 5.74) is 5.83. The van der Waals surface area contributed by atoms with Crippen molar-refractivity contribution in [3.05, 3.63) is 60.2 Å². The van der Waals surface area contributed by atoms with Gasteiger partial charge in [-0.25, -0.2) is 0 Å². The van der Waals surface area contributed by atoms with E-state index in [0.29, 0.717) is 12.0 Å². The van der Waals surface area contributed by atoms with Gasteiger partial charge >= 0.3 is 0 Å². The number of nitrogens with one attached hydrogen (secondary N) is 1. The van der Waals surface area contributed by atoms with Gasteiger partial charge in [0.2, 0.25) is 0 Å². The monoisotopic (exact) mass is 280 g/mol. The SMILES string of the molecule is C1=CC(CC(=NNC2CCCCC2)c2ccccc2)C=C1. The zero-order valence-electron chi connectivity index (χ0n) is 12.5. The molecular formula is C19H24N2. The van der Waals surface area contributed by atoms with E-state index in [-0.39, 0.29) is 0 Å². The summed E-state index contributed by atoms with van der Waals surface area (Å²) in [5.74, 6) is 0.483. The Morgan fingerprint density at radius 1 is 1.00 bits per heavy atom. The molecule has 3 rings (SSSR count). The number of hydrogen-bond acceptors (Lipinski definition) is 2. The molecular weight excluding hydrogens is 256 g/mol. The van der Waals surface area contributed by atoms with Crippen LogP contribution < -0.4 is 5.43 Å². The van der Waals surface area contributed by atoms with Crippen LogP contribution in [0.4, 0.5) is 0 Å². The highest BCUT2D eigenvalue weighted by Crippen LogP contribution is 2.19. The zero-order chi connectivity index (χ0) is 14.3. The van der Waals surface area contributed by atoms with Crippen LogP contribution in [0.3, 0.4) is 0 Å². The van der Waals surface area contributed by atoms with Gasteiger partial charge in [0.15, 0.2) is 0 Å². The molecule has 2 heteroatoms. The standard InChI is InChI=1S/C19H24N2/c1-3-11-17(12-4-1)19(15-16-9-7-8-10-16)21-20-18-13-5-2-6-14-18/h1,3-4,7-12,16,18,20H,2,5-6,13-15H2. The van der Waals surface area contributed by atoms with Crippen LogP contribution in [0.2, 0.25) is 0 Å². The second-order valence-corrected chi connectivity index (χ2v) is 6.03. The highest BCUT2D eigenvalue weighted by molar-refractivity contribution is 6.00. The van der Waals surface area contributed by atoms with Crippen molar-refractivity contribution in [2.24, 2.45) is 11.0 Å². The Kier molecular flexibility index (Phi) is 4.88. The minimum Gasteiger partial charge on any atom is -0.307 e. The predicted molar refractivity (Wildman–Crippen MR) is 89.4 cm³/mol. The number of benzene rings is 1.